The van der Waals surface area contributed by atoms with Crippen LogP contribution in [0.15, 0.2) is 60.9 Å². The zero-order valence-corrected chi connectivity index (χ0v) is 20.9. The molecular formula is C26H17Cl2F3N6O. The minimum Gasteiger partial charge on any atom is -0.318 e. The molecule has 12 heteroatoms. The summed E-state index contributed by atoms with van der Waals surface area (Å²) >= 11 is 12.2. The number of aryl methyl sites for hydroxylation is 1. The number of aromatic nitrogens is 5. The molecule has 7 nitrogen and oxygen atoms in total. The molecule has 0 saturated carbocycles. The van der Waals surface area contributed by atoms with E-state index in [1.54, 1.807) is 41.2 Å². The second-order valence-electron chi connectivity index (χ2n) is 8.86. The van der Waals surface area contributed by atoms with Gasteiger partial charge in [0.05, 0.1) is 24.1 Å². The van der Waals surface area contributed by atoms with Crippen LogP contribution in [-0.2, 0) is 25.6 Å². The first-order valence-electron chi connectivity index (χ1n) is 11.5. The smallest absolute Gasteiger partial charge is 0.318 e. The molecule has 38 heavy (non-hydrogen) atoms. The summed E-state index contributed by atoms with van der Waals surface area (Å²) in [5.41, 5.74) is 1.85. The summed E-state index contributed by atoms with van der Waals surface area (Å²) < 4.78 is 45.0. The van der Waals surface area contributed by atoms with Crippen LogP contribution in [0.3, 0.4) is 0 Å². The monoisotopic (exact) mass is 556 g/mol. The van der Waals surface area contributed by atoms with Crippen molar-refractivity contribution in [3.8, 4) is 11.3 Å². The number of nitrogens with zero attached hydrogens (tertiary/aromatic N) is 5. The van der Waals surface area contributed by atoms with Gasteiger partial charge in [-0.15, -0.1) is 0 Å². The molecular weight excluding hydrogens is 540 g/mol. The van der Waals surface area contributed by atoms with E-state index in [4.69, 9.17) is 23.2 Å². The van der Waals surface area contributed by atoms with Crippen LogP contribution >= 0.6 is 23.2 Å². The largest absolute Gasteiger partial charge is 0.433 e. The number of anilines is 1. The lowest BCUT2D eigenvalue weighted by Crippen LogP contribution is -2.21. The molecule has 0 bridgehead atoms. The second kappa shape index (κ2) is 9.14. The number of carbonyl (C=O) groups is 1. The zero-order valence-electron chi connectivity index (χ0n) is 19.4. The van der Waals surface area contributed by atoms with E-state index in [1.807, 2.05) is 12.1 Å². The highest BCUT2D eigenvalue weighted by molar-refractivity contribution is 6.35. The third-order valence-corrected chi connectivity index (χ3v) is 6.94. The Morgan fingerprint density at radius 3 is 2.68 bits per heavy atom. The molecule has 0 fully saturated rings. The summed E-state index contributed by atoms with van der Waals surface area (Å²) in [6.45, 7) is 0.326. The van der Waals surface area contributed by atoms with Crippen molar-refractivity contribution in [2.24, 2.45) is 0 Å². The molecule has 6 rings (SSSR count). The van der Waals surface area contributed by atoms with E-state index in [9.17, 15) is 18.0 Å². The maximum absolute atomic E-state index is 14.3. The quantitative estimate of drug-likeness (QED) is 0.281. The maximum atomic E-state index is 14.3. The van der Waals surface area contributed by atoms with Crippen molar-refractivity contribution in [2.45, 2.75) is 25.6 Å². The number of nitrogens with one attached hydrogen (secondary N) is 1. The molecule has 5 aromatic rings. The molecule has 3 heterocycles. The second-order valence-corrected chi connectivity index (χ2v) is 9.70. The Bertz CT molecular complexity index is 1730. The predicted molar refractivity (Wildman–Crippen MR) is 137 cm³/mol. The Balaban J connectivity index is 1.32. The molecule has 1 N–H and O–H groups in total. The van der Waals surface area contributed by atoms with Gasteiger partial charge in [0.15, 0.2) is 17.0 Å². The number of rotatable bonds is 4. The molecule has 1 aliphatic carbocycles. The number of carbonyl (C=O) groups excluding carboxylic acids is 1. The van der Waals surface area contributed by atoms with E-state index >= 15 is 0 Å². The molecule has 0 spiro atoms. The minimum absolute atomic E-state index is 0.0639. The van der Waals surface area contributed by atoms with Crippen LogP contribution in [0.5, 0.6) is 0 Å². The summed E-state index contributed by atoms with van der Waals surface area (Å²) in [5.74, 6) is -0.689. The Labute approximate surface area is 223 Å². The number of benzene rings is 2. The van der Waals surface area contributed by atoms with E-state index < -0.39 is 17.8 Å². The average molecular weight is 557 g/mol. The van der Waals surface area contributed by atoms with E-state index in [2.05, 4.69) is 20.5 Å². The van der Waals surface area contributed by atoms with E-state index in [1.165, 1.54) is 12.3 Å². The first-order chi connectivity index (χ1) is 18.2. The molecule has 0 unspecified atom stereocenters. The predicted octanol–water partition coefficient (Wildman–Crippen LogP) is 6.32. The average Bonchev–Trinajstić information content (AvgIpc) is 3.50. The fourth-order valence-corrected chi connectivity index (χ4v) is 5.13. The van der Waals surface area contributed by atoms with Gasteiger partial charge in [0, 0.05) is 33.4 Å². The fourth-order valence-electron chi connectivity index (χ4n) is 4.66. The van der Waals surface area contributed by atoms with Crippen molar-refractivity contribution in [3.05, 3.63) is 99.0 Å². The van der Waals surface area contributed by atoms with Crippen molar-refractivity contribution in [3.63, 3.8) is 0 Å². The zero-order chi connectivity index (χ0) is 26.6. The standard InChI is InChI=1S/C26H17Cl2F3N6O/c27-16-7-5-15(20(28)9-16)12-36-13-17(11-32-36)33-25(38)21-10-22-34-23-18-4-2-1-3-14(18)6-8-19(23)24(26(29,30)31)37(22)35-21/h1-5,7,9-11,13H,6,8,12H2,(H,33,38). The van der Waals surface area contributed by atoms with E-state index in [-0.39, 0.29) is 29.0 Å². The van der Waals surface area contributed by atoms with Crippen LogP contribution in [0.25, 0.3) is 16.9 Å². The van der Waals surface area contributed by atoms with Crippen LogP contribution in [0, 0.1) is 0 Å². The first-order valence-corrected chi connectivity index (χ1v) is 12.3. The topological polar surface area (TPSA) is 77.1 Å². The van der Waals surface area contributed by atoms with Crippen molar-refractivity contribution < 1.29 is 18.0 Å². The highest BCUT2D eigenvalue weighted by Crippen LogP contribution is 2.40. The Kier molecular flexibility index (Phi) is 5.88. The maximum Gasteiger partial charge on any atom is 0.433 e. The molecule has 0 atom stereocenters. The van der Waals surface area contributed by atoms with Crippen LogP contribution in [-0.4, -0.2) is 30.3 Å². The van der Waals surface area contributed by atoms with Gasteiger partial charge in [-0.1, -0.05) is 53.5 Å². The molecule has 1 amide bonds. The van der Waals surface area contributed by atoms with Gasteiger partial charge in [0.2, 0.25) is 0 Å². The van der Waals surface area contributed by atoms with E-state index in [0.29, 0.717) is 38.8 Å². The summed E-state index contributed by atoms with van der Waals surface area (Å²) in [7, 11) is 0. The van der Waals surface area contributed by atoms with Gasteiger partial charge in [-0.05, 0) is 36.1 Å². The van der Waals surface area contributed by atoms with Gasteiger partial charge in [-0.2, -0.15) is 23.4 Å². The number of fused-ring (bicyclic) bond motifs is 4. The molecule has 3 aromatic heterocycles. The number of halogens is 5. The van der Waals surface area contributed by atoms with Gasteiger partial charge in [-0.25, -0.2) is 9.50 Å². The number of amides is 1. The highest BCUT2D eigenvalue weighted by atomic mass is 35.5. The summed E-state index contributed by atoms with van der Waals surface area (Å²) in [6, 6.07) is 13.6. The van der Waals surface area contributed by atoms with Gasteiger partial charge in [-0.3, -0.25) is 9.48 Å². The minimum atomic E-state index is -4.69. The van der Waals surface area contributed by atoms with E-state index in [0.717, 1.165) is 11.1 Å². The van der Waals surface area contributed by atoms with Crippen molar-refractivity contribution in [1.82, 2.24) is 24.4 Å². The lowest BCUT2D eigenvalue weighted by molar-refractivity contribution is -0.143. The van der Waals surface area contributed by atoms with Gasteiger partial charge >= 0.3 is 6.18 Å². The Hall–Kier alpha value is -3.89. The fraction of sp³-hybridized carbons (Fsp3) is 0.154. The van der Waals surface area contributed by atoms with Crippen LogP contribution in [0.1, 0.15) is 32.9 Å². The third-order valence-electron chi connectivity index (χ3n) is 6.36. The number of hydrogen-bond acceptors (Lipinski definition) is 4. The Morgan fingerprint density at radius 1 is 1.08 bits per heavy atom. The molecule has 0 radical (unpaired) electrons. The van der Waals surface area contributed by atoms with Crippen LogP contribution in [0.4, 0.5) is 18.9 Å². The SMILES string of the molecule is O=C(Nc1cnn(Cc2ccc(Cl)cc2Cl)c1)c1cc2nc3c(c(C(F)(F)F)n2n1)CCc1ccccc1-3. The van der Waals surface area contributed by atoms with Crippen molar-refractivity contribution >= 4 is 40.4 Å². The highest BCUT2D eigenvalue weighted by Gasteiger charge is 2.40. The van der Waals surface area contributed by atoms with Crippen molar-refractivity contribution in [2.75, 3.05) is 5.32 Å². The third kappa shape index (κ3) is 4.39. The number of hydrogen-bond donors (Lipinski definition) is 1. The van der Waals surface area contributed by atoms with Crippen LogP contribution < -0.4 is 5.32 Å². The lowest BCUT2D eigenvalue weighted by Gasteiger charge is -2.23. The normalized spacial score (nSPS) is 12.9. The van der Waals surface area contributed by atoms with Crippen molar-refractivity contribution in [1.29, 1.82) is 0 Å². The van der Waals surface area contributed by atoms with Gasteiger partial charge < -0.3 is 5.32 Å². The lowest BCUT2D eigenvalue weighted by atomic mass is 9.88. The van der Waals surface area contributed by atoms with Gasteiger partial charge in [0.1, 0.15) is 0 Å². The van der Waals surface area contributed by atoms with Gasteiger partial charge in [0.25, 0.3) is 5.91 Å². The summed E-state index contributed by atoms with van der Waals surface area (Å²) in [4.78, 5) is 17.4. The van der Waals surface area contributed by atoms with Crippen LogP contribution in [0.2, 0.25) is 10.0 Å². The molecule has 2 aromatic carbocycles. The molecule has 1 aliphatic rings. The Morgan fingerprint density at radius 2 is 1.89 bits per heavy atom. The number of alkyl halides is 3. The summed E-state index contributed by atoms with van der Waals surface area (Å²) in [6.07, 6.45) is -1.07. The molecule has 0 aliphatic heterocycles. The summed E-state index contributed by atoms with van der Waals surface area (Å²) in [5, 5.41) is 11.8. The molecule has 192 valence electrons. The molecule has 0 saturated heterocycles. The first kappa shape index (κ1) is 24.4.